The topological polar surface area (TPSA) is 27.7 Å². The lowest BCUT2D eigenvalue weighted by molar-refractivity contribution is -0.0158. The molecule has 0 aromatic heterocycles. The fourth-order valence-corrected chi connectivity index (χ4v) is 0.535. The van der Waals surface area contributed by atoms with Gasteiger partial charge >= 0.3 is 0 Å². The number of rotatable bonds is 8. The van der Waals surface area contributed by atoms with Gasteiger partial charge in [0, 0.05) is 7.11 Å². The van der Waals surface area contributed by atoms with Gasteiger partial charge in [0.1, 0.15) is 6.61 Å². The molecule has 0 saturated carbocycles. The van der Waals surface area contributed by atoms with Gasteiger partial charge in [0.2, 0.25) is 0 Å². The summed E-state index contributed by atoms with van der Waals surface area (Å²) in [5, 5.41) is 0. The van der Waals surface area contributed by atoms with E-state index >= 15 is 0 Å². The monoisotopic (exact) mass is 184 g/mol. The van der Waals surface area contributed by atoms with Crippen LogP contribution in [0.1, 0.15) is 0 Å². The van der Waals surface area contributed by atoms with Crippen molar-refractivity contribution in [1.29, 1.82) is 0 Å². The summed E-state index contributed by atoms with van der Waals surface area (Å²) >= 11 is 0. The molecule has 0 bridgehead atoms. The Morgan fingerprint density at radius 1 is 1.00 bits per heavy atom. The number of halogens is 2. The van der Waals surface area contributed by atoms with E-state index in [1.807, 2.05) is 0 Å². The standard InChI is InChI=1S/C7H14F2O3/c1-10-2-3-11-4-5-12-6-7(8)9/h7H,2-6H2,1H3. The SMILES string of the molecule is COCCOCCOCC(F)F. The van der Waals surface area contributed by atoms with Crippen molar-refractivity contribution in [2.24, 2.45) is 0 Å². The van der Waals surface area contributed by atoms with Crippen LogP contribution in [0.3, 0.4) is 0 Å². The summed E-state index contributed by atoms with van der Waals surface area (Å²) in [5.41, 5.74) is 0. The molecule has 0 aliphatic heterocycles. The van der Waals surface area contributed by atoms with Crippen LogP contribution in [0.5, 0.6) is 0 Å². The zero-order valence-corrected chi connectivity index (χ0v) is 7.09. The molecule has 74 valence electrons. The minimum Gasteiger partial charge on any atom is -0.382 e. The van der Waals surface area contributed by atoms with Crippen molar-refractivity contribution in [3.8, 4) is 0 Å². The van der Waals surface area contributed by atoms with Gasteiger partial charge in [-0.3, -0.25) is 0 Å². The van der Waals surface area contributed by atoms with Crippen molar-refractivity contribution in [1.82, 2.24) is 0 Å². The lowest BCUT2D eigenvalue weighted by Crippen LogP contribution is -2.11. The normalized spacial score (nSPS) is 11.0. The van der Waals surface area contributed by atoms with E-state index in [1.54, 1.807) is 7.11 Å². The third-order valence-corrected chi connectivity index (χ3v) is 1.05. The van der Waals surface area contributed by atoms with Crippen molar-refractivity contribution < 1.29 is 23.0 Å². The van der Waals surface area contributed by atoms with Gasteiger partial charge in [-0.1, -0.05) is 0 Å². The van der Waals surface area contributed by atoms with Gasteiger partial charge < -0.3 is 14.2 Å². The summed E-state index contributed by atoms with van der Waals surface area (Å²) in [4.78, 5) is 0. The highest BCUT2D eigenvalue weighted by Gasteiger charge is 2.00. The molecule has 0 aromatic carbocycles. The van der Waals surface area contributed by atoms with Crippen LogP contribution in [0.25, 0.3) is 0 Å². The molecule has 0 unspecified atom stereocenters. The largest absolute Gasteiger partial charge is 0.382 e. The number of alkyl halides is 2. The van der Waals surface area contributed by atoms with E-state index < -0.39 is 13.0 Å². The van der Waals surface area contributed by atoms with E-state index in [-0.39, 0.29) is 6.61 Å². The van der Waals surface area contributed by atoms with Crippen molar-refractivity contribution in [3.05, 3.63) is 0 Å². The maximum Gasteiger partial charge on any atom is 0.261 e. The fraction of sp³-hybridized carbons (Fsp3) is 1.00. The molecular weight excluding hydrogens is 170 g/mol. The highest BCUT2D eigenvalue weighted by Crippen LogP contribution is 1.91. The van der Waals surface area contributed by atoms with Crippen LogP contribution < -0.4 is 0 Å². The van der Waals surface area contributed by atoms with E-state index in [0.29, 0.717) is 19.8 Å². The zero-order valence-electron chi connectivity index (χ0n) is 7.09. The van der Waals surface area contributed by atoms with Crippen LogP contribution in [-0.4, -0.2) is 46.6 Å². The summed E-state index contributed by atoms with van der Waals surface area (Å²) in [6, 6.07) is 0. The van der Waals surface area contributed by atoms with Gasteiger partial charge in [0.25, 0.3) is 6.43 Å². The Labute approximate surface area is 70.6 Å². The summed E-state index contributed by atoms with van der Waals surface area (Å²) in [7, 11) is 1.57. The zero-order chi connectivity index (χ0) is 9.23. The molecule has 0 aliphatic rings. The van der Waals surface area contributed by atoms with Crippen molar-refractivity contribution in [2.45, 2.75) is 6.43 Å². The van der Waals surface area contributed by atoms with E-state index in [1.165, 1.54) is 0 Å². The molecule has 0 saturated heterocycles. The smallest absolute Gasteiger partial charge is 0.261 e. The van der Waals surface area contributed by atoms with Gasteiger partial charge in [0.15, 0.2) is 0 Å². The molecule has 0 aromatic rings. The third-order valence-electron chi connectivity index (χ3n) is 1.05. The van der Waals surface area contributed by atoms with Gasteiger partial charge in [-0.2, -0.15) is 0 Å². The molecule has 0 rings (SSSR count). The van der Waals surface area contributed by atoms with E-state index in [0.717, 1.165) is 0 Å². The predicted molar refractivity (Wildman–Crippen MR) is 39.5 cm³/mol. The third kappa shape index (κ3) is 9.74. The second kappa shape index (κ2) is 8.83. The molecule has 0 fully saturated rings. The first kappa shape index (κ1) is 11.7. The Balaban J connectivity index is 2.82. The van der Waals surface area contributed by atoms with E-state index in [2.05, 4.69) is 4.74 Å². The summed E-state index contributed by atoms with van der Waals surface area (Å²) in [5.74, 6) is 0. The summed E-state index contributed by atoms with van der Waals surface area (Å²) < 4.78 is 37.2. The Morgan fingerprint density at radius 3 is 2.17 bits per heavy atom. The van der Waals surface area contributed by atoms with Crippen LogP contribution >= 0.6 is 0 Å². The Morgan fingerprint density at radius 2 is 1.58 bits per heavy atom. The molecule has 0 aliphatic carbocycles. The van der Waals surface area contributed by atoms with E-state index in [9.17, 15) is 8.78 Å². The van der Waals surface area contributed by atoms with Crippen molar-refractivity contribution in [2.75, 3.05) is 40.1 Å². The lowest BCUT2D eigenvalue weighted by Gasteiger charge is -2.04. The molecular formula is C7H14F2O3. The molecule has 5 heteroatoms. The minimum absolute atomic E-state index is 0.202. The maximum atomic E-state index is 11.5. The number of ether oxygens (including phenoxy) is 3. The van der Waals surface area contributed by atoms with Gasteiger partial charge in [-0.25, -0.2) is 8.78 Å². The Kier molecular flexibility index (Phi) is 8.64. The highest BCUT2D eigenvalue weighted by molar-refractivity contribution is 4.35. The molecule has 0 N–H and O–H groups in total. The van der Waals surface area contributed by atoms with Crippen LogP contribution in [0.4, 0.5) is 8.78 Å². The summed E-state index contributed by atoms with van der Waals surface area (Å²) in [6.07, 6.45) is -2.40. The molecule has 0 heterocycles. The van der Waals surface area contributed by atoms with Crippen LogP contribution in [0.2, 0.25) is 0 Å². The highest BCUT2D eigenvalue weighted by atomic mass is 19.3. The van der Waals surface area contributed by atoms with Gasteiger partial charge in [-0.15, -0.1) is 0 Å². The molecule has 0 radical (unpaired) electrons. The first-order valence-electron chi connectivity index (χ1n) is 3.70. The maximum absolute atomic E-state index is 11.5. The van der Waals surface area contributed by atoms with Crippen molar-refractivity contribution >= 4 is 0 Å². The van der Waals surface area contributed by atoms with Crippen LogP contribution in [0, 0.1) is 0 Å². The second-order valence-electron chi connectivity index (χ2n) is 2.07. The summed E-state index contributed by atoms with van der Waals surface area (Å²) in [6.45, 7) is 0.987. The number of hydrogen-bond acceptors (Lipinski definition) is 3. The van der Waals surface area contributed by atoms with E-state index in [4.69, 9.17) is 9.47 Å². The van der Waals surface area contributed by atoms with Gasteiger partial charge in [0.05, 0.1) is 26.4 Å². The predicted octanol–water partition coefficient (Wildman–Crippen LogP) is 0.931. The lowest BCUT2D eigenvalue weighted by atomic mass is 10.7. The average molecular weight is 184 g/mol. The average Bonchev–Trinajstić information content (AvgIpc) is 2.02. The quantitative estimate of drug-likeness (QED) is 0.525. The first-order valence-corrected chi connectivity index (χ1v) is 3.70. The molecule has 0 atom stereocenters. The minimum atomic E-state index is -2.40. The Hall–Kier alpha value is -0.260. The Bertz CT molecular complexity index is 90.7. The van der Waals surface area contributed by atoms with Crippen molar-refractivity contribution in [3.63, 3.8) is 0 Å². The molecule has 0 amide bonds. The molecule has 12 heavy (non-hydrogen) atoms. The number of hydrogen-bond donors (Lipinski definition) is 0. The molecule has 3 nitrogen and oxygen atoms in total. The molecule has 0 spiro atoms. The van der Waals surface area contributed by atoms with Crippen LogP contribution in [0.15, 0.2) is 0 Å². The fourth-order valence-electron chi connectivity index (χ4n) is 0.535. The van der Waals surface area contributed by atoms with Gasteiger partial charge in [-0.05, 0) is 0 Å². The first-order chi connectivity index (χ1) is 5.77. The second-order valence-corrected chi connectivity index (χ2v) is 2.07. The number of methoxy groups -OCH3 is 1. The van der Waals surface area contributed by atoms with Crippen LogP contribution in [-0.2, 0) is 14.2 Å².